The van der Waals surface area contributed by atoms with Gasteiger partial charge in [0.15, 0.2) is 0 Å². The van der Waals surface area contributed by atoms with Gasteiger partial charge in [-0.15, -0.1) is 0 Å². The molecule has 0 saturated carbocycles. The minimum atomic E-state index is -5.03. The normalized spacial score (nSPS) is 12.8. The molecule has 2 rings (SSSR count). The molecule has 0 atom stereocenters. The van der Waals surface area contributed by atoms with Crippen LogP contribution in [0.4, 0.5) is 35.1 Å². The van der Waals surface area contributed by atoms with Crippen LogP contribution in [0.25, 0.3) is 0 Å². The molecule has 2 nitrogen and oxygen atoms in total. The monoisotopic (exact) mass is 461 g/mol. The molecular weight excluding hydrogens is 446 g/mol. The van der Waals surface area contributed by atoms with Crippen LogP contribution in [0.2, 0.25) is 0 Å². The SMILES string of the molecule is C=C/C=C(\C=C/CNC(=O)c1c(F)cc(F)cc1F)C(F)(F)c1ccccc1C(F)(F)F. The van der Waals surface area contributed by atoms with Crippen LogP contribution in [-0.2, 0) is 12.1 Å². The fraction of sp³-hybridized carbons (Fsp3) is 0.136. The zero-order chi connectivity index (χ0) is 24.1. The number of benzene rings is 2. The zero-order valence-corrected chi connectivity index (χ0v) is 16.1. The van der Waals surface area contributed by atoms with Crippen LogP contribution in [0.1, 0.15) is 21.5 Å². The number of hydrogen-bond acceptors (Lipinski definition) is 1. The summed E-state index contributed by atoms with van der Waals surface area (Å²) in [6.07, 6.45) is -1.63. The molecule has 0 aliphatic heterocycles. The topological polar surface area (TPSA) is 29.1 Å². The van der Waals surface area contributed by atoms with Crippen LogP contribution in [0.15, 0.2) is 72.9 Å². The van der Waals surface area contributed by atoms with Crippen LogP contribution < -0.4 is 5.32 Å². The lowest BCUT2D eigenvalue weighted by molar-refractivity contribution is -0.140. The molecule has 0 spiro atoms. The fourth-order valence-corrected chi connectivity index (χ4v) is 2.74. The molecule has 0 aliphatic carbocycles. The van der Waals surface area contributed by atoms with Gasteiger partial charge in [0.1, 0.15) is 23.0 Å². The van der Waals surface area contributed by atoms with Crippen molar-refractivity contribution in [3.63, 3.8) is 0 Å². The largest absolute Gasteiger partial charge is 0.416 e. The number of amides is 1. The average molecular weight is 461 g/mol. The van der Waals surface area contributed by atoms with Crippen LogP contribution >= 0.6 is 0 Å². The van der Waals surface area contributed by atoms with Gasteiger partial charge < -0.3 is 5.32 Å². The van der Waals surface area contributed by atoms with Crippen LogP contribution in [0, 0.1) is 17.5 Å². The summed E-state index contributed by atoms with van der Waals surface area (Å²) in [5.74, 6) is -9.54. The van der Waals surface area contributed by atoms with E-state index in [1.54, 1.807) is 0 Å². The molecule has 0 aromatic heterocycles. The van der Waals surface area contributed by atoms with Gasteiger partial charge in [0.05, 0.1) is 5.56 Å². The van der Waals surface area contributed by atoms with Gasteiger partial charge in [0.25, 0.3) is 11.8 Å². The molecule has 0 fully saturated rings. The minimum absolute atomic E-state index is 0.289. The fourth-order valence-electron chi connectivity index (χ4n) is 2.74. The first-order valence-electron chi connectivity index (χ1n) is 8.86. The third kappa shape index (κ3) is 5.63. The van der Waals surface area contributed by atoms with E-state index in [1.807, 2.05) is 5.32 Å². The van der Waals surface area contributed by atoms with E-state index in [0.29, 0.717) is 12.1 Å². The number of carbonyl (C=O) groups is 1. The summed E-state index contributed by atoms with van der Waals surface area (Å²) < 4.78 is 109. The Morgan fingerprint density at radius 1 is 0.969 bits per heavy atom. The number of halogens is 8. The second-order valence-corrected chi connectivity index (χ2v) is 6.33. The highest BCUT2D eigenvalue weighted by molar-refractivity contribution is 5.94. The van der Waals surface area contributed by atoms with Crippen molar-refractivity contribution in [3.8, 4) is 0 Å². The molecule has 0 saturated heterocycles. The summed E-state index contributed by atoms with van der Waals surface area (Å²) >= 11 is 0. The van der Waals surface area contributed by atoms with Gasteiger partial charge in [-0.2, -0.15) is 22.0 Å². The van der Waals surface area contributed by atoms with Gasteiger partial charge in [-0.3, -0.25) is 4.79 Å². The van der Waals surface area contributed by atoms with E-state index in [4.69, 9.17) is 0 Å². The van der Waals surface area contributed by atoms with Gasteiger partial charge in [-0.25, -0.2) is 13.2 Å². The van der Waals surface area contributed by atoms with Crippen molar-refractivity contribution in [2.45, 2.75) is 12.1 Å². The molecule has 2 aromatic rings. The summed E-state index contributed by atoms with van der Waals surface area (Å²) in [5, 5.41) is 2.02. The van der Waals surface area contributed by atoms with Crippen LogP contribution in [0.5, 0.6) is 0 Å². The lowest BCUT2D eigenvalue weighted by atomic mass is 9.94. The van der Waals surface area contributed by atoms with Crippen molar-refractivity contribution in [3.05, 3.63) is 107 Å². The quantitative estimate of drug-likeness (QED) is 0.380. The highest BCUT2D eigenvalue weighted by Gasteiger charge is 2.43. The lowest BCUT2D eigenvalue weighted by Crippen LogP contribution is -2.26. The Labute approximate surface area is 177 Å². The summed E-state index contributed by atoms with van der Waals surface area (Å²) in [6.45, 7) is 2.74. The first-order chi connectivity index (χ1) is 14.9. The van der Waals surface area contributed by atoms with Crippen molar-refractivity contribution in [1.29, 1.82) is 0 Å². The van der Waals surface area contributed by atoms with Gasteiger partial charge >= 0.3 is 6.18 Å². The molecule has 0 heterocycles. The smallest absolute Gasteiger partial charge is 0.348 e. The van der Waals surface area contributed by atoms with E-state index in [9.17, 15) is 39.9 Å². The molecular formula is C22H15F8NO. The number of carbonyl (C=O) groups excluding carboxylic acids is 1. The lowest BCUT2D eigenvalue weighted by Gasteiger charge is -2.22. The predicted octanol–water partition coefficient (Wildman–Crippen LogP) is 6.31. The van der Waals surface area contributed by atoms with E-state index in [-0.39, 0.29) is 12.1 Å². The Morgan fingerprint density at radius 3 is 2.06 bits per heavy atom. The van der Waals surface area contributed by atoms with Gasteiger partial charge in [0, 0.05) is 29.8 Å². The summed E-state index contributed by atoms with van der Waals surface area (Å²) in [6, 6.07) is 3.73. The number of hydrogen-bond donors (Lipinski definition) is 1. The van der Waals surface area contributed by atoms with E-state index in [2.05, 4.69) is 6.58 Å². The zero-order valence-electron chi connectivity index (χ0n) is 16.1. The van der Waals surface area contributed by atoms with Crippen molar-refractivity contribution in [1.82, 2.24) is 5.32 Å². The van der Waals surface area contributed by atoms with E-state index < -0.39 is 64.3 Å². The highest BCUT2D eigenvalue weighted by Crippen LogP contribution is 2.43. The van der Waals surface area contributed by atoms with E-state index in [0.717, 1.165) is 36.4 Å². The van der Waals surface area contributed by atoms with Gasteiger partial charge in [-0.1, -0.05) is 49.1 Å². The van der Waals surface area contributed by atoms with Crippen molar-refractivity contribution in [2.24, 2.45) is 0 Å². The second-order valence-electron chi connectivity index (χ2n) is 6.33. The molecule has 32 heavy (non-hydrogen) atoms. The Hall–Kier alpha value is -3.43. The van der Waals surface area contributed by atoms with Crippen LogP contribution in [-0.4, -0.2) is 12.5 Å². The second kappa shape index (κ2) is 9.80. The molecule has 0 bridgehead atoms. The van der Waals surface area contributed by atoms with Crippen molar-refractivity contribution >= 4 is 5.91 Å². The molecule has 1 N–H and O–H groups in total. The van der Waals surface area contributed by atoms with Gasteiger partial charge in [-0.05, 0) is 6.07 Å². The van der Waals surface area contributed by atoms with Gasteiger partial charge in [0.2, 0.25) is 0 Å². The number of allylic oxidation sites excluding steroid dienone is 4. The predicted molar refractivity (Wildman–Crippen MR) is 101 cm³/mol. The maximum atomic E-state index is 14.9. The van der Waals surface area contributed by atoms with Crippen molar-refractivity contribution < 1.29 is 39.9 Å². The molecule has 1 amide bonds. The number of nitrogens with one attached hydrogen (secondary N) is 1. The van der Waals surface area contributed by atoms with E-state index in [1.165, 1.54) is 0 Å². The standard InChI is InChI=1S/C22H15F8NO/c1-2-6-13(21(26,27)15-8-3-4-9-16(15)22(28,29)30)7-5-10-31-20(32)19-17(24)11-14(23)12-18(19)25/h2-9,11-12H,1,10H2,(H,31,32)/b7-5-,13-6+. The molecule has 2 aromatic carbocycles. The molecule has 0 unspecified atom stereocenters. The highest BCUT2D eigenvalue weighted by atomic mass is 19.4. The first-order valence-corrected chi connectivity index (χ1v) is 8.86. The Balaban J connectivity index is 2.24. The average Bonchev–Trinajstić information content (AvgIpc) is 2.68. The molecule has 0 aliphatic rings. The molecule has 10 heteroatoms. The Bertz CT molecular complexity index is 1050. The minimum Gasteiger partial charge on any atom is -0.348 e. The Kier molecular flexibility index (Phi) is 7.60. The van der Waals surface area contributed by atoms with Crippen molar-refractivity contribution in [2.75, 3.05) is 6.54 Å². The summed E-state index contributed by atoms with van der Waals surface area (Å²) in [7, 11) is 0. The Morgan fingerprint density at radius 2 is 1.53 bits per heavy atom. The number of alkyl halides is 5. The summed E-state index contributed by atoms with van der Waals surface area (Å²) in [5.41, 5.74) is -4.77. The maximum absolute atomic E-state index is 14.9. The molecule has 170 valence electrons. The van der Waals surface area contributed by atoms with E-state index >= 15 is 0 Å². The third-order valence-electron chi connectivity index (χ3n) is 4.14. The third-order valence-corrected chi connectivity index (χ3v) is 4.14. The number of rotatable bonds is 7. The van der Waals surface area contributed by atoms with Crippen LogP contribution in [0.3, 0.4) is 0 Å². The first kappa shape index (κ1) is 24.8. The summed E-state index contributed by atoms with van der Waals surface area (Å²) in [4.78, 5) is 11.9. The maximum Gasteiger partial charge on any atom is 0.416 e. The molecule has 0 radical (unpaired) electrons.